The van der Waals surface area contributed by atoms with Gasteiger partial charge in [-0.25, -0.2) is 0 Å². The Morgan fingerprint density at radius 1 is 0.283 bits per heavy atom. The Morgan fingerprint density at radius 3 is 0.849 bits per heavy atom. The molecule has 0 saturated heterocycles. The summed E-state index contributed by atoms with van der Waals surface area (Å²) in [7, 11) is 0. The molecule has 12 amide bonds. The van der Waals surface area contributed by atoms with Crippen LogP contribution in [0.5, 0.6) is 0 Å². The van der Waals surface area contributed by atoms with E-state index >= 15 is 0 Å². The summed E-state index contributed by atoms with van der Waals surface area (Å²) in [4.78, 5) is 189. The minimum absolute atomic E-state index is 0.0154. The maximum Gasteiger partial charge on any atom is 0.243 e. The summed E-state index contributed by atoms with van der Waals surface area (Å²) in [5.74, 6) is -13.7. The van der Waals surface area contributed by atoms with Crippen molar-refractivity contribution in [2.75, 3.05) is 32.7 Å². The normalized spacial score (nSPS) is 15.1. The van der Waals surface area contributed by atoms with Crippen LogP contribution in [0.15, 0.2) is 25.0 Å². The first-order valence-corrected chi connectivity index (χ1v) is 36.2. The number of carbonyl (C=O) groups is 12. The van der Waals surface area contributed by atoms with Crippen LogP contribution in [0.1, 0.15) is 173 Å². The van der Waals surface area contributed by atoms with E-state index in [2.05, 4.69) is 83.4 Å². The van der Waals surface area contributed by atoms with Gasteiger partial charge in [0.2, 0.25) is 70.9 Å². The average Bonchev–Trinajstić information content (AvgIpc) is 0.844. The van der Waals surface area contributed by atoms with Crippen LogP contribution in [0, 0.1) is 35.5 Å². The molecule has 106 heavy (non-hydrogen) atoms. The van der Waals surface area contributed by atoms with Crippen molar-refractivity contribution in [1.82, 2.24) is 58.5 Å². The van der Waals surface area contributed by atoms with Gasteiger partial charge in [-0.15, -0.1) is 0 Å². The molecule has 0 radical (unpaired) electrons. The Balaban J connectivity index is 7.12. The van der Waals surface area contributed by atoms with Gasteiger partial charge in [-0.2, -0.15) is 0 Å². The fourth-order valence-electron chi connectivity index (χ4n) is 10.5. The Hall–Kier alpha value is -10.0. The number of primary amides is 1. The second-order valence-corrected chi connectivity index (χ2v) is 27.9. The first-order chi connectivity index (χ1) is 49.5. The minimum Gasteiger partial charge on any atom is -0.370 e. The van der Waals surface area contributed by atoms with Crippen molar-refractivity contribution in [3.8, 4) is 0 Å². The zero-order valence-electron chi connectivity index (χ0n) is 64.2. The lowest BCUT2D eigenvalue weighted by atomic mass is 9.94. The molecule has 0 aromatic carbocycles. The van der Waals surface area contributed by atoms with Gasteiger partial charge >= 0.3 is 0 Å². The fraction of sp³-hybridized carbons (Fsp3) is 0.742. The van der Waals surface area contributed by atoms with Crippen molar-refractivity contribution in [3.63, 3.8) is 0 Å². The van der Waals surface area contributed by atoms with E-state index in [1.165, 1.54) is 6.92 Å². The van der Waals surface area contributed by atoms with Gasteiger partial charge in [0, 0.05) is 32.7 Å². The number of nitrogens with zero attached hydrogens (tertiary/aromatic N) is 5. The van der Waals surface area contributed by atoms with Gasteiger partial charge in [0.15, 0.2) is 29.8 Å². The number of nitrogens with two attached hydrogens (primary N) is 12. The molecule has 40 nitrogen and oxygen atoms in total. The van der Waals surface area contributed by atoms with Gasteiger partial charge in [-0.05, 0) is 113 Å². The van der Waals surface area contributed by atoms with Crippen molar-refractivity contribution in [1.29, 1.82) is 0 Å². The number of hydrogen-bond donors (Lipinski definition) is 23. The number of carbonyl (C=O) groups excluding carboxylic acids is 12. The number of guanidine groups is 5. The number of nitrogens with one attached hydrogen (secondary N) is 11. The van der Waals surface area contributed by atoms with Gasteiger partial charge < -0.3 is 127 Å². The third kappa shape index (κ3) is 38.6. The molecule has 0 spiro atoms. The molecular weight excluding hydrogens is 1380 g/mol. The van der Waals surface area contributed by atoms with Crippen molar-refractivity contribution in [2.45, 2.75) is 246 Å². The number of rotatable bonds is 52. The smallest absolute Gasteiger partial charge is 0.243 e. The molecule has 0 saturated carbocycles. The van der Waals surface area contributed by atoms with E-state index < -0.39 is 173 Å². The fourth-order valence-corrected chi connectivity index (χ4v) is 10.5. The highest BCUT2D eigenvalue weighted by Gasteiger charge is 2.39. The zero-order valence-corrected chi connectivity index (χ0v) is 64.2. The molecule has 604 valence electrons. The maximum absolute atomic E-state index is 14.7. The van der Waals surface area contributed by atoms with Crippen LogP contribution in [0.3, 0.4) is 0 Å². The lowest BCUT2D eigenvalue weighted by Gasteiger charge is -2.32. The predicted molar refractivity (Wildman–Crippen MR) is 407 cm³/mol. The maximum atomic E-state index is 14.7. The highest BCUT2D eigenvalue weighted by molar-refractivity contribution is 6.00. The number of hydrogen-bond acceptors (Lipinski definition) is 18. The third-order valence-electron chi connectivity index (χ3n) is 17.1. The Kier molecular flexibility index (Phi) is 45.6. The Labute approximate surface area is 622 Å². The van der Waals surface area contributed by atoms with E-state index in [9.17, 15) is 57.5 Å². The van der Waals surface area contributed by atoms with Crippen LogP contribution in [0.25, 0.3) is 0 Å². The highest BCUT2D eigenvalue weighted by Crippen LogP contribution is 2.17. The van der Waals surface area contributed by atoms with Gasteiger partial charge in [0.1, 0.15) is 66.5 Å². The van der Waals surface area contributed by atoms with E-state index in [1.54, 1.807) is 69.2 Å². The molecule has 0 aliphatic heterocycles. The average molecular weight is 1510 g/mol. The first kappa shape index (κ1) is 96.0. The summed E-state index contributed by atoms with van der Waals surface area (Å²) in [5.41, 5.74) is 66.8. The van der Waals surface area contributed by atoms with Crippen molar-refractivity contribution >= 4 is 101 Å². The second kappa shape index (κ2) is 50.4. The lowest BCUT2D eigenvalue weighted by Crippen LogP contribution is -2.63. The molecule has 0 unspecified atom stereocenters. The summed E-state index contributed by atoms with van der Waals surface area (Å²) in [6, 6.07) is -15.4. The monoisotopic (exact) mass is 1510 g/mol. The molecule has 14 atom stereocenters. The molecule has 0 fully saturated rings. The molecule has 0 heterocycles. The third-order valence-corrected chi connectivity index (χ3v) is 17.1. The van der Waals surface area contributed by atoms with E-state index in [4.69, 9.17) is 68.8 Å². The largest absolute Gasteiger partial charge is 0.370 e. The summed E-state index contributed by atoms with van der Waals surface area (Å²) < 4.78 is 0. The zero-order chi connectivity index (χ0) is 81.2. The number of amides is 12. The summed E-state index contributed by atoms with van der Waals surface area (Å²) in [5, 5.41) is 29.6. The van der Waals surface area contributed by atoms with Crippen molar-refractivity contribution < 1.29 is 57.5 Å². The Morgan fingerprint density at radius 2 is 0.528 bits per heavy atom. The van der Waals surface area contributed by atoms with Crippen molar-refractivity contribution in [2.24, 2.45) is 129 Å². The van der Waals surface area contributed by atoms with Crippen LogP contribution in [0.4, 0.5) is 0 Å². The van der Waals surface area contributed by atoms with Crippen molar-refractivity contribution in [3.05, 3.63) is 0 Å². The molecule has 35 N–H and O–H groups in total. The molecule has 0 bridgehead atoms. The molecule has 0 rings (SSSR count). The quantitative estimate of drug-likeness (QED) is 0.0153. The molecule has 0 aromatic rings. The number of aliphatic imine (C=N–C) groups is 5. The topological polar surface area (TPSA) is 711 Å². The van der Waals surface area contributed by atoms with Crippen LogP contribution in [0.2, 0.25) is 0 Å². The standard InChI is InChI=1S/C66H128N28O12/c1-14-36(11)48(60(105)88-43(25-20-30-83-66(77)78)54(99)90-45(33(5)6)57(102)84-38(13)51(96)85-40(50(68)95)22-17-27-80-63(71)72)94-59(104)47(35(9)10)91-58(103)46(34(7)8)92-61(106)49(37(12)15-2)93-55(100)42(24-19-29-82-65(75)76)86-53(98)41(23-18-28-81-64(73)74)87-56(101)44(31-32(3)4)89-52(97)39(67)21-16-26-79-62(69)70/h32-49H,14-31,67H2,1-13H3,(H2,68,95)(H,84,102)(H,85,96)(H,86,98)(H,87,101)(H,88,105)(H,89,97)(H,90,99)(H,91,103)(H,92,106)(H,93,100)(H,94,104)(H4,69,70,79)(H4,71,72,80)(H4,73,74,81)(H4,75,76,82)(H4,77,78,83)/t36-,37-,38-,39-,40-,41-,42-,43-,44-,45-,46-,47-,48-,49-/m0/s1. The van der Waals surface area contributed by atoms with Gasteiger partial charge in [0.25, 0.3) is 0 Å². The Bertz CT molecular complexity index is 3000. The summed E-state index contributed by atoms with van der Waals surface area (Å²) in [6.45, 7) is 22.2. The van der Waals surface area contributed by atoms with E-state index in [-0.39, 0.29) is 133 Å². The van der Waals surface area contributed by atoms with Gasteiger partial charge in [-0.1, -0.05) is 95.9 Å². The SMILES string of the molecule is CC[C@H](C)[C@H](NC(=O)[C@H](CCCN=C(N)N)NC(=O)[C@H](CCCN=C(N)N)NC(=O)[C@H](CC(C)C)NC(=O)[C@@H](N)CCCN=C(N)N)C(=O)N[C@H](C(=O)N[C@H](C(=O)N[C@H](C(=O)N[C@@H](CCCN=C(N)N)C(=O)N[C@H](C(=O)N[C@@H](C)C(=O)N[C@@H](CCCN=C(N)N)C(N)=O)C(C)C)[C@@H](C)CC)C(C)C)C(C)C. The van der Waals surface area contributed by atoms with Crippen LogP contribution in [-0.4, -0.2) is 206 Å². The van der Waals surface area contributed by atoms with Crippen LogP contribution >= 0.6 is 0 Å². The summed E-state index contributed by atoms with van der Waals surface area (Å²) >= 11 is 0. The van der Waals surface area contributed by atoms with Gasteiger partial charge in [-0.3, -0.25) is 82.5 Å². The minimum atomic E-state index is -1.41. The molecule has 0 aliphatic carbocycles. The summed E-state index contributed by atoms with van der Waals surface area (Å²) in [6.07, 6.45) is 1.85. The predicted octanol–water partition coefficient (Wildman–Crippen LogP) is -6.47. The molecule has 0 aromatic heterocycles. The van der Waals surface area contributed by atoms with E-state index in [1.807, 2.05) is 13.8 Å². The van der Waals surface area contributed by atoms with Crippen LogP contribution < -0.4 is 127 Å². The first-order valence-electron chi connectivity index (χ1n) is 36.2. The van der Waals surface area contributed by atoms with Gasteiger partial charge in [0.05, 0.1) is 6.04 Å². The van der Waals surface area contributed by atoms with Crippen LogP contribution in [-0.2, 0) is 57.5 Å². The molecule has 40 heteroatoms. The molecular formula is C66H128N28O12. The van der Waals surface area contributed by atoms with E-state index in [0.29, 0.717) is 19.3 Å². The highest BCUT2D eigenvalue weighted by atomic mass is 16.2. The molecule has 0 aliphatic rings. The van der Waals surface area contributed by atoms with E-state index in [0.717, 1.165) is 0 Å². The second-order valence-electron chi connectivity index (χ2n) is 27.9. The lowest BCUT2D eigenvalue weighted by molar-refractivity contribution is -0.138.